The fourth-order valence-corrected chi connectivity index (χ4v) is 3.64. The fraction of sp³-hybridized carbons (Fsp3) is 1.00. The molecule has 0 aromatic rings. The minimum Gasteiger partial charge on any atom is -0.300 e. The van der Waals surface area contributed by atoms with Crippen LogP contribution < -0.4 is 0 Å². The van der Waals surface area contributed by atoms with E-state index in [2.05, 4.69) is 32.6 Å². The molecular formula is C15H29N. The van der Waals surface area contributed by atoms with Gasteiger partial charge < -0.3 is 4.90 Å². The van der Waals surface area contributed by atoms with Crippen LogP contribution in [0.25, 0.3) is 0 Å². The van der Waals surface area contributed by atoms with Gasteiger partial charge in [-0.25, -0.2) is 0 Å². The van der Waals surface area contributed by atoms with E-state index in [1.807, 2.05) is 0 Å². The van der Waals surface area contributed by atoms with Crippen molar-refractivity contribution < 1.29 is 0 Å². The Morgan fingerprint density at radius 1 is 0.875 bits per heavy atom. The number of rotatable bonds is 3. The summed E-state index contributed by atoms with van der Waals surface area (Å²) >= 11 is 0. The molecule has 94 valence electrons. The summed E-state index contributed by atoms with van der Waals surface area (Å²) in [6.45, 7) is 12.4. The molecule has 2 aliphatic rings. The zero-order chi connectivity index (χ0) is 11.7. The molecule has 0 spiro atoms. The van der Waals surface area contributed by atoms with Crippen molar-refractivity contribution in [3.05, 3.63) is 0 Å². The average Bonchev–Trinajstić information content (AvgIpc) is 2.14. The highest BCUT2D eigenvalue weighted by Gasteiger charge is 2.36. The second-order valence-electron chi connectivity index (χ2n) is 6.68. The van der Waals surface area contributed by atoms with E-state index in [9.17, 15) is 0 Å². The Bertz CT molecular complexity index is 217. The second-order valence-corrected chi connectivity index (χ2v) is 6.68. The molecule has 1 saturated carbocycles. The van der Waals surface area contributed by atoms with Crippen LogP contribution in [0.3, 0.4) is 0 Å². The molecule has 1 saturated heterocycles. The molecule has 2 rings (SSSR count). The average molecular weight is 223 g/mol. The monoisotopic (exact) mass is 223 g/mol. The maximum atomic E-state index is 2.80. The summed E-state index contributed by atoms with van der Waals surface area (Å²) in [6, 6.07) is 0.953. The molecule has 1 aliphatic heterocycles. The Kier molecular flexibility index (Phi) is 3.94. The minimum atomic E-state index is 0.857. The predicted molar refractivity (Wildman–Crippen MR) is 70.5 cm³/mol. The zero-order valence-electron chi connectivity index (χ0n) is 11.6. The van der Waals surface area contributed by atoms with Crippen molar-refractivity contribution in [1.29, 1.82) is 0 Å². The fourth-order valence-electron chi connectivity index (χ4n) is 3.64. The molecule has 1 aliphatic carbocycles. The maximum Gasteiger partial charge on any atom is 0.00953 e. The van der Waals surface area contributed by atoms with Crippen molar-refractivity contribution in [1.82, 2.24) is 4.90 Å². The van der Waals surface area contributed by atoms with Gasteiger partial charge in [-0.3, -0.25) is 0 Å². The van der Waals surface area contributed by atoms with Crippen LogP contribution in [-0.4, -0.2) is 24.0 Å². The van der Waals surface area contributed by atoms with E-state index in [1.54, 1.807) is 0 Å². The molecule has 2 atom stereocenters. The van der Waals surface area contributed by atoms with E-state index in [0.29, 0.717) is 0 Å². The molecule has 0 bridgehead atoms. The lowest BCUT2D eigenvalue weighted by Gasteiger charge is -2.47. The van der Waals surface area contributed by atoms with Crippen molar-refractivity contribution in [2.75, 3.05) is 13.1 Å². The molecule has 1 nitrogen and oxygen atoms in total. The largest absolute Gasteiger partial charge is 0.300 e. The van der Waals surface area contributed by atoms with Crippen molar-refractivity contribution in [2.45, 2.75) is 59.4 Å². The van der Waals surface area contributed by atoms with Crippen LogP contribution >= 0.6 is 0 Å². The van der Waals surface area contributed by atoms with E-state index in [-0.39, 0.29) is 0 Å². The van der Waals surface area contributed by atoms with E-state index in [0.717, 1.165) is 29.7 Å². The third-order valence-corrected chi connectivity index (χ3v) is 5.05. The van der Waals surface area contributed by atoms with Crippen LogP contribution in [0, 0.1) is 23.7 Å². The van der Waals surface area contributed by atoms with Gasteiger partial charge in [-0.1, -0.05) is 34.1 Å². The first-order chi connectivity index (χ1) is 7.59. The third kappa shape index (κ3) is 2.45. The molecular weight excluding hydrogens is 194 g/mol. The van der Waals surface area contributed by atoms with E-state index >= 15 is 0 Å². The van der Waals surface area contributed by atoms with E-state index in [1.165, 1.54) is 38.8 Å². The lowest BCUT2D eigenvalue weighted by atomic mass is 9.72. The highest BCUT2D eigenvalue weighted by molar-refractivity contribution is 4.89. The molecule has 1 heterocycles. The van der Waals surface area contributed by atoms with Gasteiger partial charge >= 0.3 is 0 Å². The predicted octanol–water partition coefficient (Wildman–Crippen LogP) is 3.79. The SMILES string of the molecule is CC(C)[C@H]1CCN(C2CCC2)C[C@H]1C(C)C. The number of nitrogens with zero attached hydrogens (tertiary/aromatic N) is 1. The quantitative estimate of drug-likeness (QED) is 0.703. The smallest absolute Gasteiger partial charge is 0.00953 e. The van der Waals surface area contributed by atoms with Gasteiger partial charge in [0.25, 0.3) is 0 Å². The third-order valence-electron chi connectivity index (χ3n) is 5.05. The summed E-state index contributed by atoms with van der Waals surface area (Å²) in [5.74, 6) is 3.64. The minimum absolute atomic E-state index is 0.857. The van der Waals surface area contributed by atoms with Crippen LogP contribution in [0.5, 0.6) is 0 Å². The normalized spacial score (nSPS) is 33.4. The molecule has 0 unspecified atom stereocenters. The summed E-state index contributed by atoms with van der Waals surface area (Å²) in [6.07, 6.45) is 5.85. The van der Waals surface area contributed by atoms with Crippen LogP contribution in [0.15, 0.2) is 0 Å². The Balaban J connectivity index is 1.96. The number of hydrogen-bond acceptors (Lipinski definition) is 1. The Morgan fingerprint density at radius 3 is 1.94 bits per heavy atom. The molecule has 1 heteroatoms. The van der Waals surface area contributed by atoms with Crippen LogP contribution in [0.2, 0.25) is 0 Å². The van der Waals surface area contributed by atoms with E-state index < -0.39 is 0 Å². The van der Waals surface area contributed by atoms with Crippen molar-refractivity contribution in [2.24, 2.45) is 23.7 Å². The zero-order valence-corrected chi connectivity index (χ0v) is 11.6. The van der Waals surface area contributed by atoms with Crippen LogP contribution in [0.1, 0.15) is 53.4 Å². The number of hydrogen-bond donors (Lipinski definition) is 0. The van der Waals surface area contributed by atoms with Crippen LogP contribution in [-0.2, 0) is 0 Å². The van der Waals surface area contributed by atoms with Gasteiger partial charge in [0.15, 0.2) is 0 Å². The van der Waals surface area contributed by atoms with Crippen molar-refractivity contribution in [3.63, 3.8) is 0 Å². The Hall–Kier alpha value is -0.0400. The van der Waals surface area contributed by atoms with Gasteiger partial charge in [0.05, 0.1) is 0 Å². The van der Waals surface area contributed by atoms with Crippen molar-refractivity contribution in [3.8, 4) is 0 Å². The van der Waals surface area contributed by atoms with Crippen LogP contribution in [0.4, 0.5) is 0 Å². The Labute approximate surface area is 102 Å². The van der Waals surface area contributed by atoms with E-state index in [4.69, 9.17) is 0 Å². The van der Waals surface area contributed by atoms with Gasteiger partial charge in [-0.2, -0.15) is 0 Å². The summed E-state index contributed by atoms with van der Waals surface area (Å²) in [5.41, 5.74) is 0. The van der Waals surface area contributed by atoms with Crippen molar-refractivity contribution >= 4 is 0 Å². The molecule has 0 amide bonds. The first-order valence-corrected chi connectivity index (χ1v) is 7.33. The second kappa shape index (κ2) is 5.08. The lowest BCUT2D eigenvalue weighted by molar-refractivity contribution is 0.0150. The summed E-state index contributed by atoms with van der Waals surface area (Å²) in [5, 5.41) is 0. The molecule has 0 aromatic heterocycles. The number of piperidine rings is 1. The Morgan fingerprint density at radius 2 is 1.50 bits per heavy atom. The maximum absolute atomic E-state index is 2.80. The molecule has 2 fully saturated rings. The van der Waals surface area contributed by atoms with Gasteiger partial charge in [-0.05, 0) is 49.5 Å². The highest BCUT2D eigenvalue weighted by Crippen LogP contribution is 2.37. The van der Waals surface area contributed by atoms with Gasteiger partial charge in [-0.15, -0.1) is 0 Å². The highest BCUT2D eigenvalue weighted by atomic mass is 15.2. The van der Waals surface area contributed by atoms with Gasteiger partial charge in [0, 0.05) is 12.6 Å². The molecule has 0 N–H and O–H groups in total. The molecule has 0 aromatic carbocycles. The van der Waals surface area contributed by atoms with Gasteiger partial charge in [0.1, 0.15) is 0 Å². The first-order valence-electron chi connectivity index (χ1n) is 7.33. The van der Waals surface area contributed by atoms with Gasteiger partial charge in [0.2, 0.25) is 0 Å². The summed E-state index contributed by atoms with van der Waals surface area (Å²) in [7, 11) is 0. The first kappa shape index (κ1) is 12.4. The standard InChI is InChI=1S/C15H29N/c1-11(2)14-8-9-16(13-6-5-7-13)10-15(14)12(3)4/h11-15H,5-10H2,1-4H3/t14-,15+/m1/s1. The molecule has 0 radical (unpaired) electrons. The topological polar surface area (TPSA) is 3.24 Å². The lowest BCUT2D eigenvalue weighted by Crippen LogP contribution is -2.50. The number of likely N-dealkylation sites (tertiary alicyclic amines) is 1. The summed E-state index contributed by atoms with van der Waals surface area (Å²) in [4.78, 5) is 2.80. The summed E-state index contributed by atoms with van der Waals surface area (Å²) < 4.78 is 0. The molecule has 16 heavy (non-hydrogen) atoms.